The van der Waals surface area contributed by atoms with Gasteiger partial charge in [0.05, 0.1) is 17.2 Å². The molecule has 0 N–H and O–H groups in total. The third kappa shape index (κ3) is 3.31. The highest BCUT2D eigenvalue weighted by Crippen LogP contribution is 2.47. The Morgan fingerprint density at radius 1 is 1.43 bits per heavy atom. The van der Waals surface area contributed by atoms with Crippen molar-refractivity contribution in [2.24, 2.45) is 9.98 Å². The molecule has 0 saturated carbocycles. The minimum Gasteiger partial charge on any atom is -0.211 e. The molecule has 1 saturated heterocycles. The van der Waals surface area contributed by atoms with Crippen LogP contribution >= 0.6 is 23.5 Å². The van der Waals surface area contributed by atoms with Crippen LogP contribution in [0.1, 0.15) is 6.92 Å². The van der Waals surface area contributed by atoms with Crippen molar-refractivity contribution in [2.75, 3.05) is 18.8 Å². The van der Waals surface area contributed by atoms with Gasteiger partial charge < -0.3 is 0 Å². The van der Waals surface area contributed by atoms with E-state index in [2.05, 4.69) is 9.98 Å². The topological polar surface area (TPSA) is 58.9 Å². The van der Waals surface area contributed by atoms with Gasteiger partial charge in [0, 0.05) is 11.0 Å². The summed E-state index contributed by atoms with van der Waals surface area (Å²) in [5.41, 5.74) is 0. The lowest BCUT2D eigenvalue weighted by Crippen LogP contribution is -2.16. The van der Waals surface area contributed by atoms with E-state index in [1.54, 1.807) is 29.6 Å². The summed E-state index contributed by atoms with van der Waals surface area (Å²) in [6.07, 6.45) is 3.07. The van der Waals surface area contributed by atoms with Gasteiger partial charge in [0.25, 0.3) is 0 Å². The van der Waals surface area contributed by atoms with Crippen LogP contribution < -0.4 is 0 Å². The SMILES string of the molecule is CC1(CN=C=O)SCC(CN=C=O)S1. The lowest BCUT2D eigenvalue weighted by Gasteiger charge is -2.18. The number of isocyanates is 2. The average Bonchev–Trinajstić information content (AvgIpc) is 2.55. The lowest BCUT2D eigenvalue weighted by molar-refractivity contribution is 0.562. The summed E-state index contributed by atoms with van der Waals surface area (Å²) in [6.45, 7) is 3.00. The Labute approximate surface area is 90.6 Å². The van der Waals surface area contributed by atoms with E-state index in [-0.39, 0.29) is 4.08 Å². The van der Waals surface area contributed by atoms with E-state index in [0.29, 0.717) is 18.3 Å². The molecule has 1 fully saturated rings. The van der Waals surface area contributed by atoms with Gasteiger partial charge in [0.15, 0.2) is 0 Å². The van der Waals surface area contributed by atoms with Crippen molar-refractivity contribution in [2.45, 2.75) is 16.3 Å². The monoisotopic (exact) mass is 230 g/mol. The average molecular weight is 230 g/mol. The highest BCUT2D eigenvalue weighted by molar-refractivity contribution is 8.21. The Hall–Kier alpha value is -0.540. The minimum absolute atomic E-state index is 0.0690. The predicted molar refractivity (Wildman–Crippen MR) is 58.2 cm³/mol. The molecular weight excluding hydrogens is 220 g/mol. The van der Waals surface area contributed by atoms with Crippen LogP contribution in [0.5, 0.6) is 0 Å². The maximum Gasteiger partial charge on any atom is 0.235 e. The van der Waals surface area contributed by atoms with E-state index in [1.807, 2.05) is 6.92 Å². The lowest BCUT2D eigenvalue weighted by atomic mass is 10.5. The molecule has 0 aliphatic carbocycles. The van der Waals surface area contributed by atoms with Crippen molar-refractivity contribution in [1.82, 2.24) is 0 Å². The van der Waals surface area contributed by atoms with Crippen LogP contribution in [0, 0.1) is 0 Å². The molecule has 1 aliphatic heterocycles. The fourth-order valence-electron chi connectivity index (χ4n) is 1.18. The van der Waals surface area contributed by atoms with Gasteiger partial charge in [-0.05, 0) is 6.92 Å². The Kier molecular flexibility index (Phi) is 4.42. The Balaban J connectivity index is 2.45. The zero-order chi connectivity index (χ0) is 10.4. The van der Waals surface area contributed by atoms with Gasteiger partial charge in [-0.25, -0.2) is 19.6 Å². The van der Waals surface area contributed by atoms with Crippen LogP contribution in [0.25, 0.3) is 0 Å². The van der Waals surface area contributed by atoms with E-state index >= 15 is 0 Å². The van der Waals surface area contributed by atoms with Crippen molar-refractivity contribution in [1.29, 1.82) is 0 Å². The molecule has 4 nitrogen and oxygen atoms in total. The maximum atomic E-state index is 9.98. The molecule has 1 heterocycles. The van der Waals surface area contributed by atoms with Gasteiger partial charge >= 0.3 is 0 Å². The summed E-state index contributed by atoms with van der Waals surface area (Å²) in [6, 6.07) is 0. The Morgan fingerprint density at radius 3 is 2.79 bits per heavy atom. The Morgan fingerprint density at radius 2 is 2.14 bits per heavy atom. The van der Waals surface area contributed by atoms with E-state index < -0.39 is 0 Å². The standard InChI is InChI=1S/C8H10N2O2S2/c1-8(4-10-6-12)13-3-7(14-8)2-9-5-11/h7H,2-4H2,1H3. The molecule has 0 radical (unpaired) electrons. The van der Waals surface area contributed by atoms with Gasteiger partial charge in [-0.15, -0.1) is 23.5 Å². The highest BCUT2D eigenvalue weighted by Gasteiger charge is 2.36. The van der Waals surface area contributed by atoms with Crippen LogP contribution in [0.3, 0.4) is 0 Å². The molecule has 76 valence electrons. The highest BCUT2D eigenvalue weighted by atomic mass is 32.2. The molecule has 2 unspecified atom stereocenters. The summed E-state index contributed by atoms with van der Waals surface area (Å²) in [7, 11) is 0. The molecule has 1 aliphatic rings. The molecule has 0 bridgehead atoms. The molecule has 6 heteroatoms. The van der Waals surface area contributed by atoms with E-state index in [1.165, 1.54) is 6.08 Å². The largest absolute Gasteiger partial charge is 0.235 e. The molecule has 0 spiro atoms. The normalized spacial score (nSPS) is 30.5. The second-order valence-electron chi connectivity index (χ2n) is 3.02. The van der Waals surface area contributed by atoms with Gasteiger partial charge in [-0.2, -0.15) is 0 Å². The number of aliphatic imine (C=N–C) groups is 2. The number of carbonyl (C=O) groups excluding carboxylic acids is 2. The van der Waals surface area contributed by atoms with Gasteiger partial charge in [-0.1, -0.05) is 0 Å². The first-order chi connectivity index (χ1) is 6.70. The first-order valence-corrected chi connectivity index (χ1v) is 5.96. The second kappa shape index (κ2) is 5.37. The van der Waals surface area contributed by atoms with Crippen molar-refractivity contribution >= 4 is 35.7 Å². The second-order valence-corrected chi connectivity index (χ2v) is 6.61. The summed E-state index contributed by atoms with van der Waals surface area (Å²) >= 11 is 3.45. The van der Waals surface area contributed by atoms with Gasteiger partial charge in [0.1, 0.15) is 0 Å². The summed E-state index contributed by atoms with van der Waals surface area (Å²) in [5.74, 6) is 0.931. The Bertz CT molecular complexity index is 298. The van der Waals surface area contributed by atoms with Crippen molar-refractivity contribution in [3.05, 3.63) is 0 Å². The molecule has 1 rings (SSSR count). The first-order valence-electron chi connectivity index (χ1n) is 4.09. The molecule has 0 amide bonds. The van der Waals surface area contributed by atoms with Gasteiger partial charge in [-0.3, -0.25) is 0 Å². The number of nitrogens with zero attached hydrogens (tertiary/aromatic N) is 2. The molecule has 0 aromatic rings. The molecular formula is C8H10N2O2S2. The van der Waals surface area contributed by atoms with Crippen LogP contribution in [0.2, 0.25) is 0 Å². The summed E-state index contributed by atoms with van der Waals surface area (Å²) in [5, 5.41) is 0.327. The van der Waals surface area contributed by atoms with Crippen LogP contribution in [-0.2, 0) is 9.59 Å². The molecule has 0 aromatic carbocycles. The van der Waals surface area contributed by atoms with E-state index in [9.17, 15) is 9.59 Å². The van der Waals surface area contributed by atoms with Crippen LogP contribution in [0.15, 0.2) is 9.98 Å². The maximum absolute atomic E-state index is 9.98. The van der Waals surface area contributed by atoms with Crippen LogP contribution in [-0.4, -0.2) is 40.3 Å². The van der Waals surface area contributed by atoms with E-state index in [0.717, 1.165) is 5.75 Å². The molecule has 14 heavy (non-hydrogen) atoms. The van der Waals surface area contributed by atoms with Crippen molar-refractivity contribution in [3.8, 4) is 0 Å². The third-order valence-electron chi connectivity index (χ3n) is 1.78. The predicted octanol–water partition coefficient (Wildman–Crippen LogP) is 1.22. The zero-order valence-corrected chi connectivity index (χ0v) is 9.36. The first kappa shape index (κ1) is 11.5. The number of hydrogen-bond donors (Lipinski definition) is 0. The fraction of sp³-hybridized carbons (Fsp3) is 0.750. The molecule has 2 atom stereocenters. The summed E-state index contributed by atoms with van der Waals surface area (Å²) < 4.78 is -0.0690. The van der Waals surface area contributed by atoms with Gasteiger partial charge in [0.2, 0.25) is 12.2 Å². The quantitative estimate of drug-likeness (QED) is 0.538. The van der Waals surface area contributed by atoms with Crippen molar-refractivity contribution in [3.63, 3.8) is 0 Å². The smallest absolute Gasteiger partial charge is 0.211 e. The van der Waals surface area contributed by atoms with E-state index in [4.69, 9.17) is 0 Å². The third-order valence-corrected chi connectivity index (χ3v) is 5.22. The van der Waals surface area contributed by atoms with Crippen molar-refractivity contribution < 1.29 is 9.59 Å². The minimum atomic E-state index is -0.0690. The number of thioether (sulfide) groups is 2. The zero-order valence-electron chi connectivity index (χ0n) is 7.73. The fourth-order valence-corrected chi connectivity index (χ4v) is 4.33. The number of rotatable bonds is 4. The van der Waals surface area contributed by atoms with Crippen LogP contribution in [0.4, 0.5) is 0 Å². The molecule has 0 aromatic heterocycles. The summed E-state index contributed by atoms with van der Waals surface area (Å²) in [4.78, 5) is 27.0. The number of hydrogen-bond acceptors (Lipinski definition) is 6.